The molecule has 0 radical (unpaired) electrons. The molecule has 2 saturated carbocycles. The molecule has 13 rings (SSSR count). The van der Waals surface area contributed by atoms with Gasteiger partial charge in [-0.1, -0.05) is 156 Å². The Balaban J connectivity index is 1.18. The van der Waals surface area contributed by atoms with E-state index >= 15 is 0 Å². The number of para-hydroxylation sites is 1. The summed E-state index contributed by atoms with van der Waals surface area (Å²) in [7, 11) is 0. The van der Waals surface area contributed by atoms with E-state index in [1.807, 2.05) is 0 Å². The summed E-state index contributed by atoms with van der Waals surface area (Å²) in [6.45, 7) is 37.0. The van der Waals surface area contributed by atoms with Gasteiger partial charge in [-0.2, -0.15) is 0 Å². The Morgan fingerprint density at radius 2 is 1.14 bits per heavy atom. The molecule has 5 heterocycles. The van der Waals surface area contributed by atoms with E-state index in [4.69, 9.17) is 4.74 Å². The van der Waals surface area contributed by atoms with Crippen molar-refractivity contribution in [2.45, 2.75) is 205 Å². The SMILES string of the molecule is Cc1cc(C(C)(C)C)cc(C)c1N1C2=CC=C3Oc4ccccc4C3C2B2c3cc(C(C)(C)C)cc4c3N(c3cc(N5c6ccc(C(C)(C)C)cc6C6(C)CCCCC56C)cc1c32)C1(C)CCCCC41C. The minimum absolute atomic E-state index is 0.00586. The molecule has 4 nitrogen and oxygen atoms in total. The standard InChI is InChI=1S/C66H78BN3O/c1-39-32-42(61(6,7)8)33-40(2)58(39)68-50-26-27-54-55(45-22-16-17-23-53(45)71-54)57(50)67-48-36-43(62(9,10)11)35-47-59(48)70(66(15)31-21-19-29-64(47,66)13)52-38-44(37-51(68)56(52)67)69-49-25-24-41(60(3,4)5)34-46(49)63(12)28-18-20-30-65(63,69)14/h16-17,22-27,32-38,55,57H,18-21,28-31H2,1-15H3. The molecule has 5 aromatic rings. The van der Waals surface area contributed by atoms with Gasteiger partial charge in [-0.15, -0.1) is 0 Å². The molecule has 0 N–H and O–H groups in total. The van der Waals surface area contributed by atoms with Gasteiger partial charge in [-0.25, -0.2) is 0 Å². The van der Waals surface area contributed by atoms with E-state index in [0.717, 1.165) is 17.9 Å². The molecule has 0 bridgehead atoms. The van der Waals surface area contributed by atoms with Crippen LogP contribution in [0, 0.1) is 13.8 Å². The first-order valence-electron chi connectivity index (χ1n) is 27.6. The van der Waals surface area contributed by atoms with Gasteiger partial charge in [0.25, 0.3) is 0 Å². The van der Waals surface area contributed by atoms with Crippen molar-refractivity contribution >= 4 is 51.8 Å². The monoisotopic (exact) mass is 940 g/mol. The Hall–Kier alpha value is -5.16. The number of aryl methyl sites for hydroxylation is 2. The normalized spacial score (nSPS) is 28.7. The largest absolute Gasteiger partial charge is 0.461 e. The van der Waals surface area contributed by atoms with Crippen LogP contribution < -0.4 is 30.4 Å². The number of anilines is 6. The Labute approximate surface area is 427 Å². The third-order valence-corrected chi connectivity index (χ3v) is 20.7. The average molecular weight is 940 g/mol. The second-order valence-electron chi connectivity index (χ2n) is 27.7. The number of hydrogen-bond donors (Lipinski definition) is 0. The zero-order chi connectivity index (χ0) is 49.9. The number of benzene rings is 5. The fourth-order valence-corrected chi connectivity index (χ4v) is 16.3. The first-order valence-corrected chi connectivity index (χ1v) is 27.6. The smallest absolute Gasteiger partial charge is 0.227 e. The fourth-order valence-electron chi connectivity index (χ4n) is 16.3. The summed E-state index contributed by atoms with van der Waals surface area (Å²) >= 11 is 0. The van der Waals surface area contributed by atoms with Crippen molar-refractivity contribution in [1.29, 1.82) is 0 Å². The molecule has 5 heteroatoms. The van der Waals surface area contributed by atoms with Crippen LogP contribution in [0.2, 0.25) is 5.82 Å². The maximum Gasteiger partial charge on any atom is 0.227 e. The van der Waals surface area contributed by atoms with Gasteiger partial charge in [-0.3, -0.25) is 0 Å². The molecule has 366 valence electrons. The second-order valence-corrected chi connectivity index (χ2v) is 27.7. The van der Waals surface area contributed by atoms with Gasteiger partial charge in [-0.05, 0) is 156 Å². The lowest BCUT2D eigenvalue weighted by molar-refractivity contribution is 0.194. The average Bonchev–Trinajstić information content (AvgIpc) is 3.86. The van der Waals surface area contributed by atoms with Crippen LogP contribution in [0.3, 0.4) is 0 Å². The van der Waals surface area contributed by atoms with Gasteiger partial charge < -0.3 is 19.4 Å². The first kappa shape index (κ1) is 45.7. The van der Waals surface area contributed by atoms with Crippen molar-refractivity contribution in [3.8, 4) is 5.75 Å². The number of ether oxygens (including phenoxy) is 1. The van der Waals surface area contributed by atoms with Crippen molar-refractivity contribution in [3.05, 3.63) is 147 Å². The van der Waals surface area contributed by atoms with E-state index in [9.17, 15) is 0 Å². The molecular formula is C66H78BN3O. The number of rotatable bonds is 2. The molecule has 0 saturated heterocycles. The molecule has 2 fully saturated rings. The summed E-state index contributed by atoms with van der Waals surface area (Å²) < 4.78 is 6.96. The van der Waals surface area contributed by atoms with Gasteiger partial charge >= 0.3 is 0 Å². The Morgan fingerprint density at radius 1 is 0.563 bits per heavy atom. The quantitative estimate of drug-likeness (QED) is 0.164. The molecule has 0 amide bonds. The maximum atomic E-state index is 6.96. The highest BCUT2D eigenvalue weighted by Crippen LogP contribution is 2.67. The van der Waals surface area contributed by atoms with Crippen molar-refractivity contribution < 1.29 is 4.74 Å². The summed E-state index contributed by atoms with van der Waals surface area (Å²) in [5.74, 6) is 2.28. The van der Waals surface area contributed by atoms with E-state index < -0.39 is 0 Å². The van der Waals surface area contributed by atoms with Crippen LogP contribution in [0.15, 0.2) is 102 Å². The van der Waals surface area contributed by atoms with Crippen LogP contribution in [0.25, 0.3) is 0 Å². The lowest BCUT2D eigenvalue weighted by Crippen LogP contribution is -2.63. The van der Waals surface area contributed by atoms with Gasteiger partial charge in [0.1, 0.15) is 11.5 Å². The second kappa shape index (κ2) is 14.3. The lowest BCUT2D eigenvalue weighted by atomic mass is 9.27. The van der Waals surface area contributed by atoms with E-state index in [2.05, 4.69) is 210 Å². The minimum Gasteiger partial charge on any atom is -0.461 e. The van der Waals surface area contributed by atoms with E-state index in [1.165, 1.54) is 129 Å². The summed E-state index contributed by atoms with van der Waals surface area (Å²) in [6, 6.07) is 32.4. The van der Waals surface area contributed by atoms with Crippen LogP contribution in [0.5, 0.6) is 5.75 Å². The molecule has 5 aromatic carbocycles. The highest BCUT2D eigenvalue weighted by atomic mass is 16.5. The minimum atomic E-state index is -0.105. The lowest BCUT2D eigenvalue weighted by Gasteiger charge is -2.55. The molecule has 71 heavy (non-hydrogen) atoms. The summed E-state index contributed by atoms with van der Waals surface area (Å²) in [6.07, 6.45) is 14.6. The molecule has 5 aliphatic heterocycles. The predicted octanol–water partition coefficient (Wildman–Crippen LogP) is 16.1. The van der Waals surface area contributed by atoms with Crippen LogP contribution in [-0.2, 0) is 27.1 Å². The molecule has 0 aromatic heterocycles. The van der Waals surface area contributed by atoms with Gasteiger partial charge in [0.2, 0.25) is 6.71 Å². The van der Waals surface area contributed by atoms with Gasteiger partial charge in [0.05, 0.1) is 16.8 Å². The van der Waals surface area contributed by atoms with Crippen molar-refractivity contribution in [3.63, 3.8) is 0 Å². The van der Waals surface area contributed by atoms with Crippen molar-refractivity contribution in [1.82, 2.24) is 0 Å². The summed E-state index contributed by atoms with van der Waals surface area (Å²) in [5, 5.41) is 0. The number of nitrogens with zero attached hydrogens (tertiary/aromatic N) is 3. The van der Waals surface area contributed by atoms with E-state index in [0.29, 0.717) is 0 Å². The van der Waals surface area contributed by atoms with Crippen molar-refractivity contribution in [2.24, 2.45) is 0 Å². The number of fused-ring (bicyclic) bond motifs is 14. The Kier molecular flexibility index (Phi) is 9.22. The zero-order valence-corrected chi connectivity index (χ0v) is 45.8. The van der Waals surface area contributed by atoms with Crippen LogP contribution in [0.1, 0.15) is 192 Å². The Morgan fingerprint density at radius 3 is 1.80 bits per heavy atom. The zero-order valence-electron chi connectivity index (χ0n) is 45.8. The third kappa shape index (κ3) is 5.82. The highest BCUT2D eigenvalue weighted by Gasteiger charge is 2.65. The molecular weight excluding hydrogens is 862 g/mol. The van der Waals surface area contributed by atoms with Gasteiger partial charge in [0, 0.05) is 62.3 Å². The summed E-state index contributed by atoms with van der Waals surface area (Å²) in [5.41, 5.74) is 24.0. The van der Waals surface area contributed by atoms with Crippen LogP contribution in [0.4, 0.5) is 34.1 Å². The maximum absolute atomic E-state index is 6.96. The number of allylic oxidation sites excluding steroid dienone is 4. The molecule has 6 atom stereocenters. The van der Waals surface area contributed by atoms with Crippen LogP contribution >= 0.6 is 0 Å². The number of hydrogen-bond acceptors (Lipinski definition) is 4. The molecule has 0 spiro atoms. The highest BCUT2D eigenvalue weighted by molar-refractivity contribution is 6.91. The van der Waals surface area contributed by atoms with Gasteiger partial charge in [0.15, 0.2) is 0 Å². The van der Waals surface area contributed by atoms with E-state index in [-0.39, 0.29) is 56.6 Å². The topological polar surface area (TPSA) is 19.0 Å². The third-order valence-electron chi connectivity index (χ3n) is 20.7. The van der Waals surface area contributed by atoms with Crippen LogP contribution in [-0.4, -0.2) is 17.8 Å². The Bertz CT molecular complexity index is 3200. The van der Waals surface area contributed by atoms with Crippen molar-refractivity contribution in [2.75, 3.05) is 14.7 Å². The summed E-state index contributed by atoms with van der Waals surface area (Å²) in [4.78, 5) is 8.67. The first-order chi connectivity index (χ1) is 33.4. The fraction of sp³-hybridized carbons (Fsp3) is 0.485. The van der Waals surface area contributed by atoms with E-state index in [1.54, 1.807) is 11.1 Å². The molecule has 3 aliphatic carbocycles. The molecule has 8 aliphatic rings. The predicted molar refractivity (Wildman–Crippen MR) is 301 cm³/mol. The molecule has 6 unspecified atom stereocenters.